The molecule has 1 aromatic heterocycles. The molecular weight excluding hydrogens is 468 g/mol. The predicted molar refractivity (Wildman–Crippen MR) is 134 cm³/mol. The predicted octanol–water partition coefficient (Wildman–Crippen LogP) is 4.49. The van der Waals surface area contributed by atoms with Crippen molar-refractivity contribution in [3.8, 4) is 22.1 Å². The first-order valence-electron chi connectivity index (χ1n) is 11.2. The number of carbonyl (C=O) groups is 2. The van der Waals surface area contributed by atoms with E-state index in [4.69, 9.17) is 14.2 Å². The van der Waals surface area contributed by atoms with Crippen LogP contribution in [-0.2, 0) is 22.5 Å². The van der Waals surface area contributed by atoms with Crippen molar-refractivity contribution in [3.05, 3.63) is 64.2 Å². The van der Waals surface area contributed by atoms with Gasteiger partial charge in [-0.15, -0.1) is 11.3 Å². The van der Waals surface area contributed by atoms with Gasteiger partial charge in [0, 0.05) is 12.0 Å². The number of aromatic nitrogens is 1. The van der Waals surface area contributed by atoms with Crippen LogP contribution in [0.1, 0.15) is 40.3 Å². The smallest absolute Gasteiger partial charge is 0.333 e. The van der Waals surface area contributed by atoms with Crippen molar-refractivity contribution in [1.82, 2.24) is 10.3 Å². The lowest BCUT2D eigenvalue weighted by Gasteiger charge is -2.21. The van der Waals surface area contributed by atoms with Gasteiger partial charge in [-0.25, -0.2) is 9.78 Å². The van der Waals surface area contributed by atoms with Crippen LogP contribution in [0.5, 0.6) is 11.5 Å². The first kappa shape index (κ1) is 26.2. The highest BCUT2D eigenvalue weighted by atomic mass is 32.1. The Morgan fingerprint density at radius 2 is 1.80 bits per heavy atom. The molecule has 0 fully saturated rings. The molecule has 0 saturated heterocycles. The molecule has 9 heteroatoms. The van der Waals surface area contributed by atoms with Gasteiger partial charge >= 0.3 is 5.97 Å². The van der Waals surface area contributed by atoms with Crippen molar-refractivity contribution in [2.45, 2.75) is 45.9 Å². The van der Waals surface area contributed by atoms with Crippen LogP contribution in [0.3, 0.4) is 0 Å². The van der Waals surface area contributed by atoms with Crippen LogP contribution >= 0.6 is 11.3 Å². The minimum atomic E-state index is -1.05. The maximum absolute atomic E-state index is 13.0. The maximum atomic E-state index is 13.0. The second-order valence-electron chi connectivity index (χ2n) is 8.14. The normalized spacial score (nSPS) is 11.8. The summed E-state index contributed by atoms with van der Waals surface area (Å²) >= 11 is 1.33. The Bertz CT molecular complexity index is 1180. The van der Waals surface area contributed by atoms with Crippen LogP contribution < -0.4 is 14.8 Å². The summed E-state index contributed by atoms with van der Waals surface area (Å²) in [5.41, 5.74) is 2.85. The Kier molecular flexibility index (Phi) is 8.84. The van der Waals surface area contributed by atoms with Crippen LogP contribution in [-0.4, -0.2) is 48.4 Å². The Balaban J connectivity index is 1.84. The number of carboxylic acid groups (broad SMARTS) is 1. The highest BCUT2D eigenvalue weighted by Gasteiger charge is 2.25. The van der Waals surface area contributed by atoms with Crippen LogP contribution in [0, 0.1) is 6.92 Å². The van der Waals surface area contributed by atoms with Gasteiger partial charge in [-0.05, 0) is 32.4 Å². The summed E-state index contributed by atoms with van der Waals surface area (Å²) in [5.74, 6) is -0.340. The molecular formula is C26H30N2O6S. The van der Waals surface area contributed by atoms with Crippen LogP contribution in [0.25, 0.3) is 10.6 Å². The van der Waals surface area contributed by atoms with E-state index in [2.05, 4.69) is 10.3 Å². The second kappa shape index (κ2) is 11.8. The van der Waals surface area contributed by atoms with Crippen molar-refractivity contribution in [1.29, 1.82) is 0 Å². The van der Waals surface area contributed by atoms with E-state index in [9.17, 15) is 14.7 Å². The average molecular weight is 499 g/mol. The summed E-state index contributed by atoms with van der Waals surface area (Å²) in [6.45, 7) is 5.50. The van der Waals surface area contributed by atoms with E-state index in [1.165, 1.54) is 25.6 Å². The van der Waals surface area contributed by atoms with Crippen LogP contribution in [0.2, 0.25) is 0 Å². The number of aryl methyl sites for hydroxylation is 1. The lowest BCUT2D eigenvalue weighted by molar-refractivity contribution is -0.153. The molecule has 3 aromatic rings. The Morgan fingerprint density at radius 3 is 2.40 bits per heavy atom. The molecule has 0 radical (unpaired) electrons. The third kappa shape index (κ3) is 6.37. The van der Waals surface area contributed by atoms with E-state index >= 15 is 0 Å². The third-order valence-electron chi connectivity index (χ3n) is 5.29. The molecule has 0 aliphatic rings. The number of nitrogens with zero attached hydrogens (tertiary/aromatic N) is 1. The van der Waals surface area contributed by atoms with Crippen molar-refractivity contribution in [2.24, 2.45) is 0 Å². The van der Waals surface area contributed by atoms with Crippen molar-refractivity contribution in [3.63, 3.8) is 0 Å². The number of hydrogen-bond donors (Lipinski definition) is 2. The Hall–Kier alpha value is -3.43. The van der Waals surface area contributed by atoms with E-state index < -0.39 is 12.1 Å². The number of carboxylic acids is 1. The fourth-order valence-electron chi connectivity index (χ4n) is 3.71. The molecule has 1 atom stereocenters. The standard InChI is InChI=1S/C26H30N2O6S/c1-15(2)34-21(26(30)31)13-18-11-12-20(32-4)19(22(18)33-5)14-27-24(29)23-16(3)28-25(35-23)17-9-7-6-8-10-17/h6-12,15,21H,13-14H2,1-5H3,(H,27,29)(H,30,31). The molecule has 0 aliphatic carbocycles. The van der Waals surface area contributed by atoms with Gasteiger partial charge in [-0.1, -0.05) is 36.4 Å². The lowest BCUT2D eigenvalue weighted by Crippen LogP contribution is -2.29. The molecule has 1 amide bonds. The summed E-state index contributed by atoms with van der Waals surface area (Å²) in [6, 6.07) is 13.2. The van der Waals surface area contributed by atoms with Crippen molar-refractivity contribution in [2.75, 3.05) is 14.2 Å². The zero-order valence-corrected chi connectivity index (χ0v) is 21.3. The van der Waals surface area contributed by atoms with E-state index in [-0.39, 0.29) is 25.0 Å². The van der Waals surface area contributed by atoms with Gasteiger partial charge in [0.2, 0.25) is 0 Å². The number of methoxy groups -OCH3 is 2. The number of amides is 1. The number of nitrogens with one attached hydrogen (secondary N) is 1. The molecule has 0 saturated carbocycles. The second-order valence-corrected chi connectivity index (χ2v) is 9.14. The molecule has 0 aliphatic heterocycles. The molecule has 186 valence electrons. The van der Waals surface area contributed by atoms with Crippen molar-refractivity contribution < 1.29 is 28.9 Å². The van der Waals surface area contributed by atoms with E-state index in [1.807, 2.05) is 30.3 Å². The van der Waals surface area contributed by atoms with Gasteiger partial charge < -0.3 is 24.6 Å². The third-order valence-corrected chi connectivity index (χ3v) is 6.49. The molecule has 8 nitrogen and oxygen atoms in total. The fraction of sp³-hybridized carbons (Fsp3) is 0.346. The minimum Gasteiger partial charge on any atom is -0.496 e. The molecule has 1 unspecified atom stereocenters. The highest BCUT2D eigenvalue weighted by Crippen LogP contribution is 2.34. The molecule has 2 aromatic carbocycles. The van der Waals surface area contributed by atoms with E-state index in [0.717, 1.165) is 10.6 Å². The van der Waals surface area contributed by atoms with Gasteiger partial charge in [0.15, 0.2) is 6.10 Å². The Labute approximate surface area is 208 Å². The number of benzene rings is 2. The summed E-state index contributed by atoms with van der Waals surface area (Å²) < 4.78 is 16.7. The van der Waals surface area contributed by atoms with Crippen LogP contribution in [0.4, 0.5) is 0 Å². The average Bonchev–Trinajstić information content (AvgIpc) is 3.23. The minimum absolute atomic E-state index is 0.107. The van der Waals surface area contributed by atoms with Gasteiger partial charge in [0.05, 0.1) is 38.1 Å². The zero-order chi connectivity index (χ0) is 25.5. The van der Waals surface area contributed by atoms with Gasteiger partial charge in [0.1, 0.15) is 21.4 Å². The number of aliphatic carboxylic acids is 1. The quantitative estimate of drug-likeness (QED) is 0.401. The summed E-state index contributed by atoms with van der Waals surface area (Å²) in [4.78, 5) is 29.8. The first-order valence-corrected chi connectivity index (χ1v) is 12.0. The highest BCUT2D eigenvalue weighted by molar-refractivity contribution is 7.17. The number of thiazole rings is 1. The monoisotopic (exact) mass is 498 g/mol. The summed E-state index contributed by atoms with van der Waals surface area (Å²) in [6.07, 6.45) is -1.17. The van der Waals surface area contributed by atoms with Crippen LogP contribution in [0.15, 0.2) is 42.5 Å². The topological polar surface area (TPSA) is 107 Å². The largest absolute Gasteiger partial charge is 0.496 e. The molecule has 0 bridgehead atoms. The fourth-order valence-corrected chi connectivity index (χ4v) is 4.70. The van der Waals surface area contributed by atoms with Crippen molar-refractivity contribution >= 4 is 23.2 Å². The van der Waals surface area contributed by atoms with E-state index in [1.54, 1.807) is 32.9 Å². The van der Waals surface area contributed by atoms with Gasteiger partial charge in [-0.2, -0.15) is 0 Å². The first-order chi connectivity index (χ1) is 16.7. The van der Waals surface area contributed by atoms with Gasteiger partial charge in [0.25, 0.3) is 5.91 Å². The van der Waals surface area contributed by atoms with E-state index in [0.29, 0.717) is 33.2 Å². The molecule has 35 heavy (non-hydrogen) atoms. The van der Waals surface area contributed by atoms with Gasteiger partial charge in [-0.3, -0.25) is 4.79 Å². The SMILES string of the molecule is COc1ccc(CC(OC(C)C)C(=O)O)c(OC)c1CNC(=O)c1sc(-c2ccccc2)nc1C. The molecule has 3 rings (SSSR count). The maximum Gasteiger partial charge on any atom is 0.333 e. The zero-order valence-electron chi connectivity index (χ0n) is 20.5. The molecule has 0 spiro atoms. The lowest BCUT2D eigenvalue weighted by atomic mass is 10.0. The number of hydrogen-bond acceptors (Lipinski definition) is 7. The number of carbonyl (C=O) groups excluding carboxylic acids is 1. The summed E-state index contributed by atoms with van der Waals surface area (Å²) in [7, 11) is 3.03. The molecule has 2 N–H and O–H groups in total. The summed E-state index contributed by atoms with van der Waals surface area (Å²) in [5, 5.41) is 13.3. The Morgan fingerprint density at radius 1 is 1.09 bits per heavy atom. The number of rotatable bonds is 11. The molecule has 1 heterocycles. The number of ether oxygens (including phenoxy) is 3.